The topological polar surface area (TPSA) is 38.7 Å². The molecule has 0 radical (unpaired) electrons. The molecule has 218 valence electrons. The molecule has 5 aromatic carbocycles. The minimum atomic E-state index is 0.0437. The van der Waals surface area contributed by atoms with Gasteiger partial charge in [0.15, 0.2) is 5.82 Å². The molecular weight excluding hydrogens is 546 g/mol. The Balaban J connectivity index is 1.42. The van der Waals surface area contributed by atoms with Gasteiger partial charge in [-0.1, -0.05) is 130 Å². The molecule has 2 heterocycles. The molecule has 0 bridgehead atoms. The molecule has 0 saturated heterocycles. The van der Waals surface area contributed by atoms with E-state index in [0.717, 1.165) is 44.4 Å². The maximum Gasteiger partial charge on any atom is 0.159 e. The van der Waals surface area contributed by atoms with E-state index in [2.05, 4.69) is 137 Å². The van der Waals surface area contributed by atoms with E-state index in [9.17, 15) is 0 Å². The van der Waals surface area contributed by atoms with E-state index in [1.165, 1.54) is 27.8 Å². The molecule has 7 rings (SSSR count). The molecule has 0 spiro atoms. The van der Waals surface area contributed by atoms with E-state index in [1.54, 1.807) is 0 Å². The van der Waals surface area contributed by atoms with Crippen LogP contribution in [0.1, 0.15) is 31.9 Å². The standard InChI is InChI=1S/C42H35N3/c1-28-34(29-13-7-5-8-14-29)19-12-20-35(28)37-22-21-36(40-38(37)27-44-41(45-40)30-15-9-6-10-16-30)31-17-11-18-32(25-31)39-26-33(23-24-43-39)42(2,3)4/h5-27H,1-4H3. The van der Waals surface area contributed by atoms with Gasteiger partial charge in [0, 0.05) is 34.5 Å². The van der Waals surface area contributed by atoms with Gasteiger partial charge >= 0.3 is 0 Å². The van der Waals surface area contributed by atoms with Crippen LogP contribution in [0.5, 0.6) is 0 Å². The second-order valence-corrected chi connectivity index (χ2v) is 12.6. The molecule has 0 aliphatic heterocycles. The summed E-state index contributed by atoms with van der Waals surface area (Å²) in [5.74, 6) is 0.715. The SMILES string of the molecule is Cc1c(-c2ccccc2)cccc1-c1ccc(-c2cccc(-c3cc(C(C)(C)C)ccn3)c2)c2nc(-c3ccccc3)ncc12. The van der Waals surface area contributed by atoms with Crippen LogP contribution in [0.4, 0.5) is 0 Å². The molecule has 7 aromatic rings. The van der Waals surface area contributed by atoms with Crippen LogP contribution in [0.15, 0.2) is 140 Å². The van der Waals surface area contributed by atoms with Crippen molar-refractivity contribution in [2.75, 3.05) is 0 Å². The van der Waals surface area contributed by atoms with Crippen molar-refractivity contribution in [2.24, 2.45) is 0 Å². The van der Waals surface area contributed by atoms with Gasteiger partial charge in [0.05, 0.1) is 11.2 Å². The summed E-state index contributed by atoms with van der Waals surface area (Å²) < 4.78 is 0. The third-order valence-corrected chi connectivity index (χ3v) is 8.59. The molecule has 45 heavy (non-hydrogen) atoms. The lowest BCUT2D eigenvalue weighted by Gasteiger charge is -2.19. The molecule has 3 heteroatoms. The van der Waals surface area contributed by atoms with Gasteiger partial charge in [0.2, 0.25) is 0 Å². The monoisotopic (exact) mass is 581 g/mol. The fourth-order valence-corrected chi connectivity index (χ4v) is 6.07. The molecular formula is C42H35N3. The molecule has 0 atom stereocenters. The predicted octanol–water partition coefficient (Wildman–Crippen LogP) is 11.0. The van der Waals surface area contributed by atoms with Crippen molar-refractivity contribution in [3.05, 3.63) is 151 Å². The summed E-state index contributed by atoms with van der Waals surface area (Å²) in [6, 6.07) is 44.7. The van der Waals surface area contributed by atoms with Crippen molar-refractivity contribution in [2.45, 2.75) is 33.1 Å². The van der Waals surface area contributed by atoms with Gasteiger partial charge in [-0.25, -0.2) is 9.97 Å². The fraction of sp³-hybridized carbons (Fsp3) is 0.119. The van der Waals surface area contributed by atoms with E-state index in [0.29, 0.717) is 5.82 Å². The Morgan fingerprint density at radius 1 is 0.511 bits per heavy atom. The number of nitrogens with zero attached hydrogens (tertiary/aromatic N) is 3. The van der Waals surface area contributed by atoms with Crippen LogP contribution in [0.3, 0.4) is 0 Å². The molecule has 0 saturated carbocycles. The quantitative estimate of drug-likeness (QED) is 0.203. The van der Waals surface area contributed by atoms with E-state index >= 15 is 0 Å². The zero-order valence-electron chi connectivity index (χ0n) is 26.1. The second kappa shape index (κ2) is 11.6. The lowest BCUT2D eigenvalue weighted by Crippen LogP contribution is -2.11. The number of hydrogen-bond donors (Lipinski definition) is 0. The van der Waals surface area contributed by atoms with Gasteiger partial charge in [-0.15, -0.1) is 0 Å². The average molecular weight is 582 g/mol. The van der Waals surface area contributed by atoms with Gasteiger partial charge in [0.25, 0.3) is 0 Å². The third kappa shape index (κ3) is 5.54. The maximum absolute atomic E-state index is 5.24. The Hall–Kier alpha value is -5.41. The molecule has 0 amide bonds. The normalized spacial score (nSPS) is 11.6. The zero-order chi connectivity index (χ0) is 31.0. The summed E-state index contributed by atoms with van der Waals surface area (Å²) in [4.78, 5) is 14.9. The van der Waals surface area contributed by atoms with E-state index in [4.69, 9.17) is 15.0 Å². The third-order valence-electron chi connectivity index (χ3n) is 8.59. The molecule has 0 unspecified atom stereocenters. The van der Waals surface area contributed by atoms with E-state index in [-0.39, 0.29) is 5.41 Å². The first-order valence-corrected chi connectivity index (χ1v) is 15.4. The largest absolute Gasteiger partial charge is 0.256 e. The smallest absolute Gasteiger partial charge is 0.159 e. The van der Waals surface area contributed by atoms with E-state index in [1.807, 2.05) is 30.6 Å². The van der Waals surface area contributed by atoms with Crippen LogP contribution < -0.4 is 0 Å². The minimum absolute atomic E-state index is 0.0437. The predicted molar refractivity (Wildman–Crippen MR) is 188 cm³/mol. The first kappa shape index (κ1) is 28.4. The van der Waals surface area contributed by atoms with Gasteiger partial charge in [-0.3, -0.25) is 4.98 Å². The first-order valence-electron chi connectivity index (χ1n) is 15.4. The highest BCUT2D eigenvalue weighted by molar-refractivity contribution is 6.04. The summed E-state index contributed by atoms with van der Waals surface area (Å²) in [6.07, 6.45) is 3.91. The molecule has 0 aliphatic rings. The lowest BCUT2D eigenvalue weighted by molar-refractivity contribution is 0.589. The highest BCUT2D eigenvalue weighted by atomic mass is 14.9. The number of aromatic nitrogens is 3. The lowest BCUT2D eigenvalue weighted by atomic mass is 9.86. The maximum atomic E-state index is 5.24. The van der Waals surface area contributed by atoms with Crippen LogP contribution in [0, 0.1) is 6.92 Å². The van der Waals surface area contributed by atoms with Crippen molar-refractivity contribution in [3.8, 4) is 56.0 Å². The first-order chi connectivity index (χ1) is 21.9. The summed E-state index contributed by atoms with van der Waals surface area (Å²) in [5.41, 5.74) is 13.4. The zero-order valence-corrected chi connectivity index (χ0v) is 26.1. The van der Waals surface area contributed by atoms with Crippen LogP contribution >= 0.6 is 0 Å². The number of pyridine rings is 1. The Morgan fingerprint density at radius 3 is 1.91 bits per heavy atom. The summed E-state index contributed by atoms with van der Waals surface area (Å²) >= 11 is 0. The number of benzene rings is 5. The summed E-state index contributed by atoms with van der Waals surface area (Å²) in [6.45, 7) is 8.91. The number of fused-ring (bicyclic) bond motifs is 1. The average Bonchev–Trinajstić information content (AvgIpc) is 3.08. The van der Waals surface area contributed by atoms with Gasteiger partial charge < -0.3 is 0 Å². The molecule has 0 aliphatic carbocycles. The number of rotatable bonds is 5. The van der Waals surface area contributed by atoms with Crippen molar-refractivity contribution in [1.29, 1.82) is 0 Å². The molecule has 0 N–H and O–H groups in total. The Morgan fingerprint density at radius 2 is 1.16 bits per heavy atom. The van der Waals surface area contributed by atoms with Crippen LogP contribution in [-0.4, -0.2) is 15.0 Å². The van der Waals surface area contributed by atoms with Gasteiger partial charge in [-0.05, 0) is 69.5 Å². The Labute approximate surface area is 265 Å². The highest BCUT2D eigenvalue weighted by Gasteiger charge is 2.18. The second-order valence-electron chi connectivity index (χ2n) is 12.6. The van der Waals surface area contributed by atoms with Crippen molar-refractivity contribution >= 4 is 10.9 Å². The Bertz CT molecular complexity index is 2140. The molecule has 2 aromatic heterocycles. The van der Waals surface area contributed by atoms with Crippen molar-refractivity contribution in [1.82, 2.24) is 15.0 Å². The van der Waals surface area contributed by atoms with E-state index < -0.39 is 0 Å². The molecule has 0 fully saturated rings. The summed E-state index contributed by atoms with van der Waals surface area (Å²) in [5, 5.41) is 1.03. The van der Waals surface area contributed by atoms with Gasteiger partial charge in [0.1, 0.15) is 0 Å². The van der Waals surface area contributed by atoms with Crippen molar-refractivity contribution < 1.29 is 0 Å². The number of hydrogen-bond acceptors (Lipinski definition) is 3. The van der Waals surface area contributed by atoms with Crippen LogP contribution in [-0.2, 0) is 5.41 Å². The minimum Gasteiger partial charge on any atom is -0.256 e. The van der Waals surface area contributed by atoms with Crippen LogP contribution in [0.2, 0.25) is 0 Å². The van der Waals surface area contributed by atoms with Crippen LogP contribution in [0.25, 0.3) is 66.9 Å². The fourth-order valence-electron chi connectivity index (χ4n) is 6.07. The van der Waals surface area contributed by atoms with Gasteiger partial charge in [-0.2, -0.15) is 0 Å². The van der Waals surface area contributed by atoms with Crippen molar-refractivity contribution in [3.63, 3.8) is 0 Å². The highest BCUT2D eigenvalue weighted by Crippen LogP contribution is 2.39. The Kier molecular flexibility index (Phi) is 7.31. The molecule has 3 nitrogen and oxygen atoms in total. The summed E-state index contributed by atoms with van der Waals surface area (Å²) in [7, 11) is 0.